The Balaban J connectivity index is 1.71. The molecule has 80 valence electrons. The molecule has 2 fully saturated rings. The van der Waals surface area contributed by atoms with Gasteiger partial charge in [-0.25, -0.2) is 0 Å². The van der Waals surface area contributed by atoms with Crippen LogP contribution in [0.25, 0.3) is 0 Å². The average molecular weight is 198 g/mol. The standard InChI is InChI=1S/C10H18N2O2/c1-12(9-4-5-14-7-9)10(13)6-11-8-2-3-8/h8-9,11H,2-7H2,1H3. The first kappa shape index (κ1) is 9.93. The van der Waals surface area contributed by atoms with E-state index in [9.17, 15) is 4.79 Å². The number of nitrogens with one attached hydrogen (secondary N) is 1. The molecule has 0 aromatic rings. The van der Waals surface area contributed by atoms with E-state index in [0.717, 1.165) is 13.0 Å². The molecule has 1 aliphatic carbocycles. The Morgan fingerprint density at radius 3 is 2.86 bits per heavy atom. The summed E-state index contributed by atoms with van der Waals surface area (Å²) in [6, 6.07) is 0.899. The highest BCUT2D eigenvalue weighted by atomic mass is 16.5. The molecule has 0 aromatic carbocycles. The van der Waals surface area contributed by atoms with Gasteiger partial charge in [-0.15, -0.1) is 0 Å². The third-order valence-corrected chi connectivity index (χ3v) is 2.97. The lowest BCUT2D eigenvalue weighted by molar-refractivity contribution is -0.131. The molecule has 14 heavy (non-hydrogen) atoms. The molecular formula is C10H18N2O2. The smallest absolute Gasteiger partial charge is 0.236 e. The van der Waals surface area contributed by atoms with Crippen molar-refractivity contribution < 1.29 is 9.53 Å². The number of likely N-dealkylation sites (N-methyl/N-ethyl adjacent to an activating group) is 1. The quantitative estimate of drug-likeness (QED) is 0.690. The molecule has 1 unspecified atom stereocenters. The molecule has 2 aliphatic rings. The van der Waals surface area contributed by atoms with Gasteiger partial charge in [-0.3, -0.25) is 4.79 Å². The van der Waals surface area contributed by atoms with E-state index in [0.29, 0.717) is 25.2 Å². The molecule has 1 heterocycles. The molecule has 0 spiro atoms. The van der Waals surface area contributed by atoms with E-state index in [1.54, 1.807) is 0 Å². The molecule has 1 amide bonds. The van der Waals surface area contributed by atoms with Gasteiger partial charge in [0.25, 0.3) is 0 Å². The van der Waals surface area contributed by atoms with Crippen molar-refractivity contribution in [3.8, 4) is 0 Å². The zero-order valence-corrected chi connectivity index (χ0v) is 8.66. The molecule has 1 saturated carbocycles. The third-order valence-electron chi connectivity index (χ3n) is 2.97. The van der Waals surface area contributed by atoms with Gasteiger partial charge in [0.1, 0.15) is 0 Å². The molecule has 1 aliphatic heterocycles. The van der Waals surface area contributed by atoms with Gasteiger partial charge in [-0.2, -0.15) is 0 Å². The first-order valence-corrected chi connectivity index (χ1v) is 5.34. The summed E-state index contributed by atoms with van der Waals surface area (Å²) in [4.78, 5) is 13.5. The van der Waals surface area contributed by atoms with Crippen LogP contribution in [0.1, 0.15) is 19.3 Å². The second-order valence-corrected chi connectivity index (χ2v) is 4.18. The van der Waals surface area contributed by atoms with Crippen molar-refractivity contribution in [3.63, 3.8) is 0 Å². The number of carbonyl (C=O) groups excluding carboxylic acids is 1. The lowest BCUT2D eigenvalue weighted by atomic mass is 10.2. The van der Waals surface area contributed by atoms with Crippen molar-refractivity contribution in [1.82, 2.24) is 10.2 Å². The highest BCUT2D eigenvalue weighted by molar-refractivity contribution is 5.78. The number of amides is 1. The summed E-state index contributed by atoms with van der Waals surface area (Å²) in [6.45, 7) is 1.97. The monoisotopic (exact) mass is 198 g/mol. The lowest BCUT2D eigenvalue weighted by Gasteiger charge is -2.23. The van der Waals surface area contributed by atoms with Crippen LogP contribution in [0, 0.1) is 0 Å². The third kappa shape index (κ3) is 2.45. The van der Waals surface area contributed by atoms with E-state index in [1.165, 1.54) is 12.8 Å². The summed E-state index contributed by atoms with van der Waals surface area (Å²) in [5.41, 5.74) is 0. The van der Waals surface area contributed by atoms with Gasteiger partial charge in [0.05, 0.1) is 19.2 Å². The number of carbonyl (C=O) groups is 1. The molecule has 1 atom stereocenters. The van der Waals surface area contributed by atoms with Crippen molar-refractivity contribution in [2.24, 2.45) is 0 Å². The fraction of sp³-hybridized carbons (Fsp3) is 0.900. The molecule has 0 bridgehead atoms. The molecule has 0 radical (unpaired) electrons. The van der Waals surface area contributed by atoms with Crippen LogP contribution in [0.5, 0.6) is 0 Å². The predicted molar refractivity (Wildman–Crippen MR) is 53.0 cm³/mol. The molecule has 4 nitrogen and oxygen atoms in total. The first-order valence-electron chi connectivity index (χ1n) is 5.34. The van der Waals surface area contributed by atoms with E-state index in [1.807, 2.05) is 11.9 Å². The lowest BCUT2D eigenvalue weighted by Crippen LogP contribution is -2.42. The Hall–Kier alpha value is -0.610. The highest BCUT2D eigenvalue weighted by Crippen LogP contribution is 2.18. The van der Waals surface area contributed by atoms with Crippen LogP contribution < -0.4 is 5.32 Å². The topological polar surface area (TPSA) is 41.6 Å². The van der Waals surface area contributed by atoms with E-state index < -0.39 is 0 Å². The normalized spacial score (nSPS) is 26.5. The zero-order valence-electron chi connectivity index (χ0n) is 8.66. The fourth-order valence-corrected chi connectivity index (χ4v) is 1.67. The summed E-state index contributed by atoms with van der Waals surface area (Å²) < 4.78 is 5.25. The SMILES string of the molecule is CN(C(=O)CNC1CC1)C1CCOC1. The van der Waals surface area contributed by atoms with Crippen LogP contribution in [-0.2, 0) is 9.53 Å². The van der Waals surface area contributed by atoms with E-state index in [-0.39, 0.29) is 5.91 Å². The van der Waals surface area contributed by atoms with E-state index in [4.69, 9.17) is 4.74 Å². The number of nitrogens with zero attached hydrogens (tertiary/aromatic N) is 1. The summed E-state index contributed by atoms with van der Waals surface area (Å²) in [7, 11) is 1.87. The maximum Gasteiger partial charge on any atom is 0.236 e. The van der Waals surface area contributed by atoms with Crippen molar-refractivity contribution in [2.75, 3.05) is 26.8 Å². The first-order chi connectivity index (χ1) is 6.77. The molecule has 4 heteroatoms. The van der Waals surface area contributed by atoms with E-state index >= 15 is 0 Å². The largest absolute Gasteiger partial charge is 0.379 e. The maximum atomic E-state index is 11.7. The molecule has 1 N–H and O–H groups in total. The number of rotatable bonds is 4. The van der Waals surface area contributed by atoms with Gasteiger partial charge in [0.15, 0.2) is 0 Å². The van der Waals surface area contributed by atoms with Gasteiger partial charge in [-0.05, 0) is 19.3 Å². The zero-order chi connectivity index (χ0) is 9.97. The van der Waals surface area contributed by atoms with Crippen LogP contribution in [0.3, 0.4) is 0 Å². The van der Waals surface area contributed by atoms with Crippen molar-refractivity contribution >= 4 is 5.91 Å². The van der Waals surface area contributed by atoms with Crippen molar-refractivity contribution in [2.45, 2.75) is 31.3 Å². The van der Waals surface area contributed by atoms with Crippen molar-refractivity contribution in [1.29, 1.82) is 0 Å². The van der Waals surface area contributed by atoms with E-state index in [2.05, 4.69) is 5.32 Å². The van der Waals surface area contributed by atoms with Crippen LogP contribution in [0.2, 0.25) is 0 Å². The number of ether oxygens (including phenoxy) is 1. The maximum absolute atomic E-state index is 11.7. The Labute approximate surface area is 84.6 Å². The molecule has 1 saturated heterocycles. The van der Waals surface area contributed by atoms with Gasteiger partial charge in [0, 0.05) is 19.7 Å². The minimum Gasteiger partial charge on any atom is -0.379 e. The molecule has 0 aromatic heterocycles. The van der Waals surface area contributed by atoms with Crippen LogP contribution in [-0.4, -0.2) is 49.7 Å². The summed E-state index contributed by atoms with van der Waals surface area (Å²) in [5.74, 6) is 0.187. The Kier molecular flexibility index (Phi) is 3.03. The second-order valence-electron chi connectivity index (χ2n) is 4.18. The highest BCUT2D eigenvalue weighted by Gasteiger charge is 2.26. The molecular weight excluding hydrogens is 180 g/mol. The Bertz CT molecular complexity index is 210. The van der Waals surface area contributed by atoms with Gasteiger partial charge >= 0.3 is 0 Å². The minimum atomic E-state index is 0.187. The second kappa shape index (κ2) is 4.28. The predicted octanol–water partition coefficient (Wildman–Crippen LogP) is -0.0143. The Morgan fingerprint density at radius 1 is 1.50 bits per heavy atom. The molecule has 2 rings (SSSR count). The van der Waals surface area contributed by atoms with Gasteiger partial charge in [-0.1, -0.05) is 0 Å². The average Bonchev–Trinajstić information content (AvgIpc) is 2.86. The van der Waals surface area contributed by atoms with Crippen molar-refractivity contribution in [3.05, 3.63) is 0 Å². The fourth-order valence-electron chi connectivity index (χ4n) is 1.67. The number of hydrogen-bond acceptors (Lipinski definition) is 3. The van der Waals surface area contributed by atoms with Crippen LogP contribution >= 0.6 is 0 Å². The summed E-state index contributed by atoms with van der Waals surface area (Å²) >= 11 is 0. The number of hydrogen-bond donors (Lipinski definition) is 1. The summed E-state index contributed by atoms with van der Waals surface area (Å²) in [6.07, 6.45) is 3.43. The minimum absolute atomic E-state index is 0.187. The van der Waals surface area contributed by atoms with Crippen LogP contribution in [0.4, 0.5) is 0 Å². The Morgan fingerprint density at radius 2 is 2.29 bits per heavy atom. The van der Waals surface area contributed by atoms with Crippen LogP contribution in [0.15, 0.2) is 0 Å². The summed E-state index contributed by atoms with van der Waals surface area (Å²) in [5, 5.41) is 3.23. The van der Waals surface area contributed by atoms with Gasteiger partial charge in [0.2, 0.25) is 5.91 Å². The van der Waals surface area contributed by atoms with Gasteiger partial charge < -0.3 is 15.0 Å².